The highest BCUT2D eigenvalue weighted by atomic mass is 35.5. The van der Waals surface area contributed by atoms with Crippen molar-refractivity contribution in [3.8, 4) is 0 Å². The molecule has 2 rings (SSSR count). The number of carbonyl (C=O) groups is 4. The molecule has 25 heavy (non-hydrogen) atoms. The van der Waals surface area contributed by atoms with E-state index in [1.807, 2.05) is 10.6 Å². The largest absolute Gasteiger partial charge is 0.595 e. The van der Waals surface area contributed by atoms with Crippen molar-refractivity contribution in [2.75, 3.05) is 5.32 Å². The number of anilines is 1. The minimum atomic E-state index is -1.93. The molecule has 0 aliphatic carbocycles. The number of thiocarbonyl (C=S) groups is 1. The fourth-order valence-electron chi connectivity index (χ4n) is 1.88. The molecule has 3 amide bonds. The summed E-state index contributed by atoms with van der Waals surface area (Å²) in [7, 11) is 0. The number of carbonyl (C=O) groups excluding carboxylic acids is 4. The second kappa shape index (κ2) is 7.39. The molecular weight excluding hydrogens is 399 g/mol. The smallest absolute Gasteiger partial charge is 0.293 e. The lowest BCUT2D eigenvalue weighted by molar-refractivity contribution is -0.991. The SMILES string of the molecule is O=C(Nc1c(Cl)cc([NH+]([O-])O)cc1Cl)C(=O)C1C(=O)NC(=S)NC1=O. The van der Waals surface area contributed by atoms with E-state index in [4.69, 9.17) is 28.4 Å². The van der Waals surface area contributed by atoms with Gasteiger partial charge in [-0.25, -0.2) is 5.21 Å². The Morgan fingerprint density at radius 3 is 2.12 bits per heavy atom. The van der Waals surface area contributed by atoms with Crippen molar-refractivity contribution in [1.29, 1.82) is 0 Å². The van der Waals surface area contributed by atoms with Gasteiger partial charge in [-0.15, -0.1) is 0 Å². The van der Waals surface area contributed by atoms with Crippen molar-refractivity contribution in [2.45, 2.75) is 0 Å². The Hall–Kier alpha value is -2.15. The number of rotatable bonds is 4. The topological polar surface area (TPSA) is 152 Å². The first-order valence-electron chi connectivity index (χ1n) is 6.35. The molecule has 1 unspecified atom stereocenters. The fraction of sp³-hybridized carbons (Fsp3) is 0.0833. The molecule has 132 valence electrons. The zero-order valence-corrected chi connectivity index (χ0v) is 14.2. The first-order valence-corrected chi connectivity index (χ1v) is 7.51. The van der Waals surface area contributed by atoms with Crippen LogP contribution in [0.2, 0.25) is 10.0 Å². The van der Waals surface area contributed by atoms with Gasteiger partial charge in [-0.1, -0.05) is 23.2 Å². The lowest BCUT2D eigenvalue weighted by atomic mass is 10.00. The van der Waals surface area contributed by atoms with Gasteiger partial charge in [-0.3, -0.25) is 19.2 Å². The Balaban J connectivity index is 2.22. The highest BCUT2D eigenvalue weighted by molar-refractivity contribution is 7.80. The van der Waals surface area contributed by atoms with Crippen molar-refractivity contribution in [3.63, 3.8) is 0 Å². The van der Waals surface area contributed by atoms with E-state index in [0.717, 1.165) is 12.1 Å². The van der Waals surface area contributed by atoms with Gasteiger partial charge in [-0.2, -0.15) is 5.23 Å². The maximum atomic E-state index is 12.1. The number of hydrogen-bond acceptors (Lipinski definition) is 7. The summed E-state index contributed by atoms with van der Waals surface area (Å²) in [6.45, 7) is 0. The molecule has 1 aromatic carbocycles. The molecule has 1 aliphatic heterocycles. The number of amides is 3. The van der Waals surface area contributed by atoms with Crippen molar-refractivity contribution >= 4 is 75.4 Å². The van der Waals surface area contributed by atoms with Gasteiger partial charge >= 0.3 is 0 Å². The molecule has 0 radical (unpaired) electrons. The van der Waals surface area contributed by atoms with Crippen molar-refractivity contribution in [2.24, 2.45) is 5.92 Å². The third-order valence-corrected chi connectivity index (χ3v) is 3.81. The van der Waals surface area contributed by atoms with Gasteiger partial charge in [0.1, 0.15) is 0 Å². The van der Waals surface area contributed by atoms with Crippen LogP contribution in [-0.2, 0) is 19.2 Å². The molecule has 0 bridgehead atoms. The summed E-state index contributed by atoms with van der Waals surface area (Å²) in [6.07, 6.45) is 0. The highest BCUT2D eigenvalue weighted by Crippen LogP contribution is 2.32. The van der Waals surface area contributed by atoms with Crippen LogP contribution in [0.1, 0.15) is 0 Å². The summed E-state index contributed by atoms with van der Waals surface area (Å²) in [6, 6.07) is 2.02. The number of Topliss-reactive ketones (excluding diaryl/α,β-unsaturated/α-hetero) is 1. The lowest BCUT2D eigenvalue weighted by Gasteiger charge is -2.21. The van der Waals surface area contributed by atoms with Crippen LogP contribution in [0.15, 0.2) is 12.1 Å². The number of nitrogens with one attached hydrogen (secondary N) is 4. The zero-order valence-electron chi connectivity index (χ0n) is 11.9. The van der Waals surface area contributed by atoms with Crippen LogP contribution in [-0.4, -0.2) is 33.8 Å². The molecule has 1 heterocycles. The highest BCUT2D eigenvalue weighted by Gasteiger charge is 2.41. The van der Waals surface area contributed by atoms with Crippen LogP contribution in [0.4, 0.5) is 11.4 Å². The maximum absolute atomic E-state index is 12.1. The van der Waals surface area contributed by atoms with Gasteiger partial charge in [0, 0.05) is 12.1 Å². The van der Waals surface area contributed by atoms with E-state index in [1.54, 1.807) is 0 Å². The van der Waals surface area contributed by atoms with E-state index in [2.05, 4.69) is 17.5 Å². The average Bonchev–Trinajstić information content (AvgIpc) is 2.49. The Morgan fingerprint density at radius 2 is 1.68 bits per heavy atom. The van der Waals surface area contributed by atoms with Gasteiger partial charge in [0.2, 0.25) is 17.6 Å². The van der Waals surface area contributed by atoms with Gasteiger partial charge in [0.25, 0.3) is 5.91 Å². The summed E-state index contributed by atoms with van der Waals surface area (Å²) in [5.41, 5.74) is -0.474. The predicted octanol–water partition coefficient (Wildman–Crippen LogP) is -0.949. The Labute approximate surface area is 154 Å². The summed E-state index contributed by atoms with van der Waals surface area (Å²) in [4.78, 5) is 47.5. The molecule has 1 fully saturated rings. The third-order valence-electron chi connectivity index (χ3n) is 3.01. The van der Waals surface area contributed by atoms with Crippen molar-refractivity contribution in [3.05, 3.63) is 27.4 Å². The van der Waals surface area contributed by atoms with Crippen molar-refractivity contribution in [1.82, 2.24) is 10.6 Å². The Morgan fingerprint density at radius 1 is 1.20 bits per heavy atom. The van der Waals surface area contributed by atoms with Crippen LogP contribution in [0.3, 0.4) is 0 Å². The summed E-state index contributed by atoms with van der Waals surface area (Å²) < 4.78 is 0. The van der Waals surface area contributed by atoms with E-state index in [-0.39, 0.29) is 26.5 Å². The first kappa shape index (κ1) is 19.2. The standard InChI is InChI=1S/C12H8Cl2N4O6S/c13-4-1-3(18(23)24)2-5(14)7(4)15-11(22)8(19)6-9(20)16-12(25)17-10(6)21/h1-2,6,18,23H,(H,15,22)(H2,16,17,20,21,25). The van der Waals surface area contributed by atoms with Gasteiger partial charge in [0.15, 0.2) is 16.7 Å². The molecule has 5 N–H and O–H groups in total. The average molecular weight is 407 g/mol. The van der Waals surface area contributed by atoms with Gasteiger partial charge in [-0.05, 0) is 12.2 Å². The summed E-state index contributed by atoms with van der Waals surface area (Å²) in [5, 5.41) is 23.9. The minimum absolute atomic E-state index is 0.237. The van der Waals surface area contributed by atoms with Gasteiger partial charge in [0.05, 0.1) is 15.7 Å². The van der Waals surface area contributed by atoms with E-state index in [9.17, 15) is 24.4 Å². The van der Waals surface area contributed by atoms with E-state index < -0.39 is 34.6 Å². The summed E-state index contributed by atoms with van der Waals surface area (Å²) >= 11 is 16.3. The van der Waals surface area contributed by atoms with Crippen LogP contribution in [0.5, 0.6) is 0 Å². The molecular formula is C12H8Cl2N4O6S. The molecule has 1 saturated heterocycles. The molecule has 1 aliphatic rings. The van der Waals surface area contributed by atoms with E-state index in [0.29, 0.717) is 0 Å². The van der Waals surface area contributed by atoms with E-state index in [1.165, 1.54) is 0 Å². The normalized spacial score (nSPS) is 16.1. The molecule has 0 aromatic heterocycles. The predicted molar refractivity (Wildman–Crippen MR) is 88.2 cm³/mol. The number of halogens is 2. The van der Waals surface area contributed by atoms with Crippen LogP contribution < -0.4 is 21.2 Å². The number of hydrogen-bond donors (Lipinski definition) is 5. The molecule has 0 spiro atoms. The monoisotopic (exact) mass is 406 g/mol. The fourth-order valence-corrected chi connectivity index (χ4v) is 2.66. The van der Waals surface area contributed by atoms with Gasteiger partial charge < -0.3 is 21.2 Å². The quantitative estimate of drug-likeness (QED) is 0.187. The van der Waals surface area contributed by atoms with E-state index >= 15 is 0 Å². The second-order valence-corrected chi connectivity index (χ2v) is 5.90. The van der Waals surface area contributed by atoms with Crippen LogP contribution in [0, 0.1) is 11.1 Å². The van der Waals surface area contributed by atoms with Crippen molar-refractivity contribution < 1.29 is 29.6 Å². The third kappa shape index (κ3) is 4.10. The molecule has 0 saturated carbocycles. The zero-order chi connectivity index (χ0) is 18.9. The van der Waals surface area contributed by atoms with Crippen LogP contribution in [0.25, 0.3) is 0 Å². The Kier molecular flexibility index (Phi) is 5.67. The molecule has 10 nitrogen and oxygen atoms in total. The molecule has 1 aromatic rings. The lowest BCUT2D eigenvalue weighted by Crippen LogP contribution is -2.99. The second-order valence-electron chi connectivity index (χ2n) is 4.68. The summed E-state index contributed by atoms with van der Waals surface area (Å²) in [5.74, 6) is -6.73. The number of quaternary nitrogens is 1. The number of benzene rings is 1. The Bertz CT molecular complexity index is 772. The molecule has 13 heteroatoms. The first-order chi connectivity index (χ1) is 11.6. The minimum Gasteiger partial charge on any atom is -0.595 e. The maximum Gasteiger partial charge on any atom is 0.293 e. The molecule has 1 atom stereocenters. The van der Waals surface area contributed by atoms with Crippen LogP contribution >= 0.6 is 35.4 Å². The number of ketones is 1.